The van der Waals surface area contributed by atoms with Gasteiger partial charge in [0.2, 0.25) is 0 Å². The lowest BCUT2D eigenvalue weighted by atomic mass is 10.1. The smallest absolute Gasteiger partial charge is 0.252 e. The van der Waals surface area contributed by atoms with Crippen molar-refractivity contribution in [2.75, 3.05) is 20.6 Å². The van der Waals surface area contributed by atoms with Crippen LogP contribution in [-0.2, 0) is 0 Å². The highest BCUT2D eigenvalue weighted by Gasteiger charge is 2.18. The lowest BCUT2D eigenvalue weighted by Gasteiger charge is -2.20. The Hall–Kier alpha value is -1.95. The number of rotatable bonds is 6. The van der Waals surface area contributed by atoms with Gasteiger partial charge in [0, 0.05) is 18.3 Å². The monoisotopic (exact) mass is 317 g/mol. The zero-order chi connectivity index (χ0) is 17.1. The summed E-state index contributed by atoms with van der Waals surface area (Å²) in [4.78, 5) is 19.3. The summed E-state index contributed by atoms with van der Waals surface area (Å²) < 4.78 is 1.90. The van der Waals surface area contributed by atoms with E-state index in [9.17, 15) is 4.79 Å². The van der Waals surface area contributed by atoms with Crippen LogP contribution in [0.5, 0.6) is 0 Å². The standard InChI is InChI=1S/C17H27N5O/c1-7-12(3)22-16-15(10-19-22)14(8-11(2)20-16)17(23)18-9-13(4)21(5)6/h8,10,12-13H,7,9H2,1-6H3,(H,18,23)/t12-,13-/m0/s1. The summed E-state index contributed by atoms with van der Waals surface area (Å²) in [6, 6.07) is 2.37. The van der Waals surface area contributed by atoms with Crippen molar-refractivity contribution >= 4 is 16.9 Å². The van der Waals surface area contributed by atoms with Crippen LogP contribution in [0.4, 0.5) is 0 Å². The zero-order valence-corrected chi connectivity index (χ0v) is 14.9. The van der Waals surface area contributed by atoms with Crippen LogP contribution in [0.25, 0.3) is 11.0 Å². The fraction of sp³-hybridized carbons (Fsp3) is 0.588. The van der Waals surface area contributed by atoms with Crippen LogP contribution in [0, 0.1) is 6.92 Å². The van der Waals surface area contributed by atoms with E-state index >= 15 is 0 Å². The van der Waals surface area contributed by atoms with Gasteiger partial charge in [-0.3, -0.25) is 4.79 Å². The Kier molecular flexibility index (Phi) is 5.36. The molecule has 0 aliphatic rings. The summed E-state index contributed by atoms with van der Waals surface area (Å²) in [5.74, 6) is -0.0714. The van der Waals surface area contributed by atoms with Crippen molar-refractivity contribution in [3.05, 3.63) is 23.5 Å². The van der Waals surface area contributed by atoms with Crippen molar-refractivity contribution in [2.45, 2.75) is 46.2 Å². The van der Waals surface area contributed by atoms with E-state index in [2.05, 4.69) is 41.1 Å². The molecule has 2 atom stereocenters. The summed E-state index contributed by atoms with van der Waals surface area (Å²) >= 11 is 0. The Balaban J connectivity index is 2.33. The number of nitrogens with one attached hydrogen (secondary N) is 1. The van der Waals surface area contributed by atoms with Crippen molar-refractivity contribution in [1.82, 2.24) is 25.0 Å². The predicted octanol–water partition coefficient (Wildman–Crippen LogP) is 2.39. The number of aryl methyl sites for hydroxylation is 1. The molecule has 0 aromatic carbocycles. The molecule has 0 radical (unpaired) electrons. The maximum atomic E-state index is 12.6. The van der Waals surface area contributed by atoms with Crippen LogP contribution in [0.1, 0.15) is 49.3 Å². The largest absolute Gasteiger partial charge is 0.350 e. The van der Waals surface area contributed by atoms with E-state index in [0.717, 1.165) is 23.1 Å². The first-order valence-electron chi connectivity index (χ1n) is 8.14. The van der Waals surface area contributed by atoms with E-state index in [1.54, 1.807) is 6.20 Å². The van der Waals surface area contributed by atoms with E-state index in [0.29, 0.717) is 12.1 Å². The van der Waals surface area contributed by atoms with Gasteiger partial charge in [-0.05, 0) is 47.4 Å². The van der Waals surface area contributed by atoms with Crippen molar-refractivity contribution in [2.24, 2.45) is 0 Å². The highest BCUT2D eigenvalue weighted by atomic mass is 16.1. The summed E-state index contributed by atoms with van der Waals surface area (Å²) in [5, 5.41) is 8.26. The fourth-order valence-electron chi connectivity index (χ4n) is 2.34. The average molecular weight is 317 g/mol. The highest BCUT2D eigenvalue weighted by Crippen LogP contribution is 2.22. The molecule has 0 bridgehead atoms. The molecule has 0 spiro atoms. The summed E-state index contributed by atoms with van der Waals surface area (Å²) in [5.41, 5.74) is 2.26. The first-order chi connectivity index (χ1) is 10.8. The molecule has 0 fully saturated rings. The zero-order valence-electron chi connectivity index (χ0n) is 14.9. The molecule has 2 rings (SSSR count). The average Bonchev–Trinajstić information content (AvgIpc) is 2.93. The maximum absolute atomic E-state index is 12.6. The second-order valence-corrected chi connectivity index (χ2v) is 6.42. The van der Waals surface area contributed by atoms with Gasteiger partial charge in [0.1, 0.15) is 0 Å². The van der Waals surface area contributed by atoms with Crippen LogP contribution in [-0.4, -0.2) is 52.3 Å². The number of hydrogen-bond donors (Lipinski definition) is 1. The second kappa shape index (κ2) is 7.08. The molecule has 6 heteroatoms. The van der Waals surface area contributed by atoms with Gasteiger partial charge in [0.15, 0.2) is 5.65 Å². The molecule has 1 amide bonds. The number of carbonyl (C=O) groups excluding carboxylic acids is 1. The minimum atomic E-state index is -0.0714. The van der Waals surface area contributed by atoms with Crippen LogP contribution in [0.2, 0.25) is 0 Å². The van der Waals surface area contributed by atoms with E-state index in [1.165, 1.54) is 0 Å². The SMILES string of the molecule is CC[C@H](C)n1ncc2c(C(=O)NC[C@H](C)N(C)C)cc(C)nc21. The molecule has 6 nitrogen and oxygen atoms in total. The Morgan fingerprint density at radius 1 is 1.39 bits per heavy atom. The van der Waals surface area contributed by atoms with Gasteiger partial charge in [0.25, 0.3) is 5.91 Å². The molecular formula is C17H27N5O. The first-order valence-corrected chi connectivity index (χ1v) is 8.14. The van der Waals surface area contributed by atoms with Gasteiger partial charge in [-0.25, -0.2) is 9.67 Å². The van der Waals surface area contributed by atoms with Gasteiger partial charge in [-0.1, -0.05) is 6.92 Å². The van der Waals surface area contributed by atoms with Gasteiger partial charge < -0.3 is 10.2 Å². The number of carbonyl (C=O) groups is 1. The molecule has 0 saturated carbocycles. The minimum absolute atomic E-state index is 0.0714. The van der Waals surface area contributed by atoms with Gasteiger partial charge in [-0.2, -0.15) is 5.10 Å². The number of aromatic nitrogens is 3. The number of pyridine rings is 1. The van der Waals surface area contributed by atoms with E-state index in [4.69, 9.17) is 0 Å². The molecule has 0 aliphatic heterocycles. The molecular weight excluding hydrogens is 290 g/mol. The Morgan fingerprint density at radius 2 is 2.09 bits per heavy atom. The number of fused-ring (bicyclic) bond motifs is 1. The highest BCUT2D eigenvalue weighted by molar-refractivity contribution is 6.05. The van der Waals surface area contributed by atoms with Crippen LogP contribution >= 0.6 is 0 Å². The molecule has 2 aromatic heterocycles. The van der Waals surface area contributed by atoms with E-state index < -0.39 is 0 Å². The minimum Gasteiger partial charge on any atom is -0.350 e. The second-order valence-electron chi connectivity index (χ2n) is 6.42. The predicted molar refractivity (Wildman–Crippen MR) is 92.7 cm³/mol. The number of likely N-dealkylation sites (N-methyl/N-ethyl adjacent to an activating group) is 1. The van der Waals surface area contributed by atoms with Crippen molar-refractivity contribution in [1.29, 1.82) is 0 Å². The van der Waals surface area contributed by atoms with Crippen molar-refractivity contribution in [3.8, 4) is 0 Å². The van der Waals surface area contributed by atoms with Crippen LogP contribution in [0.3, 0.4) is 0 Å². The molecule has 126 valence electrons. The molecule has 0 aliphatic carbocycles. The fourth-order valence-corrected chi connectivity index (χ4v) is 2.34. The van der Waals surface area contributed by atoms with Gasteiger partial charge in [0.05, 0.1) is 23.2 Å². The molecule has 0 saturated heterocycles. The summed E-state index contributed by atoms with van der Waals surface area (Å²) in [6.45, 7) is 8.81. The Labute approximate surface area is 137 Å². The van der Waals surface area contributed by atoms with Gasteiger partial charge >= 0.3 is 0 Å². The third-order valence-electron chi connectivity index (χ3n) is 4.39. The quantitative estimate of drug-likeness (QED) is 0.888. The molecule has 2 aromatic rings. The summed E-state index contributed by atoms with van der Waals surface area (Å²) in [6.07, 6.45) is 2.71. The van der Waals surface area contributed by atoms with Crippen LogP contribution in [0.15, 0.2) is 12.3 Å². The number of amides is 1. The van der Waals surface area contributed by atoms with Crippen molar-refractivity contribution in [3.63, 3.8) is 0 Å². The third-order valence-corrected chi connectivity index (χ3v) is 4.39. The van der Waals surface area contributed by atoms with E-state index in [-0.39, 0.29) is 18.0 Å². The lowest BCUT2D eigenvalue weighted by molar-refractivity contribution is 0.0945. The molecule has 23 heavy (non-hydrogen) atoms. The molecule has 2 heterocycles. The number of hydrogen-bond acceptors (Lipinski definition) is 4. The maximum Gasteiger partial charge on any atom is 0.252 e. The third kappa shape index (κ3) is 3.69. The molecule has 0 unspecified atom stereocenters. The first kappa shape index (κ1) is 17.4. The summed E-state index contributed by atoms with van der Waals surface area (Å²) in [7, 11) is 4.00. The van der Waals surface area contributed by atoms with E-state index in [1.807, 2.05) is 31.8 Å². The normalized spacial score (nSPS) is 14.2. The molecule has 1 N–H and O–H groups in total. The Morgan fingerprint density at radius 3 is 2.70 bits per heavy atom. The van der Waals surface area contributed by atoms with Crippen molar-refractivity contribution < 1.29 is 4.79 Å². The van der Waals surface area contributed by atoms with Crippen LogP contribution < -0.4 is 5.32 Å². The number of nitrogens with zero attached hydrogens (tertiary/aromatic N) is 4. The lowest BCUT2D eigenvalue weighted by Crippen LogP contribution is -2.38. The topological polar surface area (TPSA) is 63.1 Å². The Bertz CT molecular complexity index is 692. The van der Waals surface area contributed by atoms with Gasteiger partial charge in [-0.15, -0.1) is 0 Å².